The molecule has 4 rings (SSSR count). The van der Waals surface area contributed by atoms with Crippen LogP contribution in [0.15, 0.2) is 65.8 Å². The third-order valence-corrected chi connectivity index (χ3v) is 4.80. The molecule has 0 spiro atoms. The predicted molar refractivity (Wildman–Crippen MR) is 99.6 cm³/mol. The Bertz CT molecular complexity index is 946. The predicted octanol–water partition coefficient (Wildman–Crippen LogP) is 6.00. The molecule has 3 aromatic rings. The summed E-state index contributed by atoms with van der Waals surface area (Å²) in [4.78, 5) is 8.66. The lowest BCUT2D eigenvalue weighted by Crippen LogP contribution is -2.03. The van der Waals surface area contributed by atoms with E-state index < -0.39 is 11.6 Å². The molecule has 0 amide bonds. The van der Waals surface area contributed by atoms with Crippen LogP contribution in [-0.2, 0) is 0 Å². The maximum Gasteiger partial charge on any atom is 0.135 e. The Hall–Kier alpha value is -2.59. The standard InChI is InChI=1S/C21H15ClF2N2/c22-20-11-8-15(12-25-20)13-4-6-14(7-5-13)18-9-10-19(26-18)21-16(23)2-1-3-17(21)24/h1-8,11-12,18H,9-10H2. The van der Waals surface area contributed by atoms with Gasteiger partial charge in [0.25, 0.3) is 0 Å². The second-order valence-electron chi connectivity index (χ2n) is 6.22. The van der Waals surface area contributed by atoms with Crippen LogP contribution in [0.2, 0.25) is 5.15 Å². The minimum atomic E-state index is -0.560. The van der Waals surface area contributed by atoms with Crippen LogP contribution in [-0.4, -0.2) is 10.7 Å². The van der Waals surface area contributed by atoms with Crippen LogP contribution < -0.4 is 0 Å². The molecule has 0 saturated carbocycles. The largest absolute Gasteiger partial charge is 0.281 e. The Morgan fingerprint density at radius 2 is 1.58 bits per heavy atom. The Kier molecular flexibility index (Phi) is 4.51. The lowest BCUT2D eigenvalue weighted by Gasteiger charge is -2.08. The monoisotopic (exact) mass is 368 g/mol. The van der Waals surface area contributed by atoms with Gasteiger partial charge in [-0.2, -0.15) is 0 Å². The van der Waals surface area contributed by atoms with Gasteiger partial charge in [0.15, 0.2) is 0 Å². The van der Waals surface area contributed by atoms with E-state index in [2.05, 4.69) is 9.98 Å². The molecule has 26 heavy (non-hydrogen) atoms. The molecule has 2 aromatic carbocycles. The number of halogens is 3. The third kappa shape index (κ3) is 3.25. The number of nitrogens with zero attached hydrogens (tertiary/aromatic N) is 2. The zero-order valence-corrected chi connectivity index (χ0v) is 14.5. The van der Waals surface area contributed by atoms with E-state index in [-0.39, 0.29) is 11.6 Å². The van der Waals surface area contributed by atoms with E-state index >= 15 is 0 Å². The fourth-order valence-corrected chi connectivity index (χ4v) is 3.35. The molecule has 1 aliphatic heterocycles. The van der Waals surface area contributed by atoms with Gasteiger partial charge in [-0.3, -0.25) is 4.99 Å². The van der Waals surface area contributed by atoms with Crippen LogP contribution in [0.4, 0.5) is 8.78 Å². The number of rotatable bonds is 3. The quantitative estimate of drug-likeness (QED) is 0.520. The van der Waals surface area contributed by atoms with Crippen molar-refractivity contribution in [1.82, 2.24) is 4.98 Å². The second-order valence-corrected chi connectivity index (χ2v) is 6.61. The minimum absolute atomic E-state index is 0.00106. The van der Waals surface area contributed by atoms with Crippen molar-refractivity contribution in [3.63, 3.8) is 0 Å². The Balaban J connectivity index is 1.59. The van der Waals surface area contributed by atoms with Crippen molar-refractivity contribution < 1.29 is 8.78 Å². The van der Waals surface area contributed by atoms with E-state index in [1.54, 1.807) is 12.3 Å². The Labute approximate surface area is 155 Å². The highest BCUT2D eigenvalue weighted by Crippen LogP contribution is 2.33. The molecular formula is C21H15ClF2N2. The van der Waals surface area contributed by atoms with Crippen molar-refractivity contribution in [3.05, 3.63) is 88.7 Å². The summed E-state index contributed by atoms with van der Waals surface area (Å²) in [6, 6.07) is 15.5. The zero-order chi connectivity index (χ0) is 18.1. The number of aromatic nitrogens is 1. The van der Waals surface area contributed by atoms with Gasteiger partial charge in [-0.1, -0.05) is 41.9 Å². The summed E-state index contributed by atoms with van der Waals surface area (Å²) in [6.07, 6.45) is 3.03. The van der Waals surface area contributed by atoms with Crippen LogP contribution >= 0.6 is 11.6 Å². The molecule has 0 radical (unpaired) electrons. The molecule has 0 bridgehead atoms. The van der Waals surface area contributed by atoms with Gasteiger partial charge in [0.2, 0.25) is 0 Å². The van der Waals surface area contributed by atoms with Crippen LogP contribution in [0.5, 0.6) is 0 Å². The minimum Gasteiger partial charge on any atom is -0.281 e. The first-order valence-corrected chi connectivity index (χ1v) is 8.72. The molecule has 0 aliphatic carbocycles. The van der Waals surface area contributed by atoms with Gasteiger partial charge in [0, 0.05) is 17.5 Å². The van der Waals surface area contributed by atoms with Crippen molar-refractivity contribution in [2.24, 2.45) is 4.99 Å². The fourth-order valence-electron chi connectivity index (χ4n) is 3.24. The molecule has 2 nitrogen and oxygen atoms in total. The van der Waals surface area contributed by atoms with E-state index in [1.807, 2.05) is 30.3 Å². The number of benzene rings is 2. The molecule has 2 heterocycles. The lowest BCUT2D eigenvalue weighted by molar-refractivity contribution is 0.578. The molecule has 5 heteroatoms. The average Bonchev–Trinajstić information content (AvgIpc) is 3.12. The van der Waals surface area contributed by atoms with E-state index in [0.717, 1.165) is 23.1 Å². The first-order chi connectivity index (χ1) is 12.6. The van der Waals surface area contributed by atoms with Gasteiger partial charge in [-0.15, -0.1) is 0 Å². The van der Waals surface area contributed by atoms with Crippen molar-refractivity contribution >= 4 is 17.3 Å². The number of hydrogen-bond acceptors (Lipinski definition) is 2. The topological polar surface area (TPSA) is 25.2 Å². The highest BCUT2D eigenvalue weighted by molar-refractivity contribution is 6.29. The van der Waals surface area contributed by atoms with Gasteiger partial charge < -0.3 is 0 Å². The fraction of sp³-hybridized carbons (Fsp3) is 0.143. The highest BCUT2D eigenvalue weighted by Gasteiger charge is 2.24. The molecule has 1 aromatic heterocycles. The van der Waals surface area contributed by atoms with Crippen molar-refractivity contribution in [3.8, 4) is 11.1 Å². The average molecular weight is 369 g/mol. The highest BCUT2D eigenvalue weighted by atomic mass is 35.5. The second kappa shape index (κ2) is 6.96. The summed E-state index contributed by atoms with van der Waals surface area (Å²) in [5.74, 6) is -1.12. The van der Waals surface area contributed by atoms with E-state index in [9.17, 15) is 8.78 Å². The summed E-state index contributed by atoms with van der Waals surface area (Å²) >= 11 is 5.82. The first kappa shape index (κ1) is 16.9. The molecular weight excluding hydrogens is 354 g/mol. The van der Waals surface area contributed by atoms with Crippen LogP contribution in [0, 0.1) is 11.6 Å². The summed E-state index contributed by atoms with van der Waals surface area (Å²) in [7, 11) is 0. The van der Waals surface area contributed by atoms with Crippen LogP contribution in [0.3, 0.4) is 0 Å². The van der Waals surface area contributed by atoms with E-state index in [1.165, 1.54) is 18.2 Å². The molecule has 0 fully saturated rings. The summed E-state index contributed by atoms with van der Waals surface area (Å²) < 4.78 is 27.9. The van der Waals surface area contributed by atoms with Gasteiger partial charge in [0.1, 0.15) is 16.8 Å². The van der Waals surface area contributed by atoms with Crippen LogP contribution in [0.1, 0.15) is 30.0 Å². The maximum atomic E-state index is 14.0. The van der Waals surface area contributed by atoms with Crippen LogP contribution in [0.25, 0.3) is 11.1 Å². The van der Waals surface area contributed by atoms with Crippen molar-refractivity contribution in [2.45, 2.75) is 18.9 Å². The van der Waals surface area contributed by atoms with E-state index in [4.69, 9.17) is 11.6 Å². The van der Waals surface area contributed by atoms with Gasteiger partial charge >= 0.3 is 0 Å². The Morgan fingerprint density at radius 1 is 0.885 bits per heavy atom. The normalized spacial score (nSPS) is 16.6. The summed E-state index contributed by atoms with van der Waals surface area (Å²) in [6.45, 7) is 0. The number of pyridine rings is 1. The van der Waals surface area contributed by atoms with Crippen molar-refractivity contribution in [2.75, 3.05) is 0 Å². The lowest BCUT2D eigenvalue weighted by atomic mass is 10.00. The Morgan fingerprint density at radius 3 is 2.23 bits per heavy atom. The molecule has 1 unspecified atom stereocenters. The van der Waals surface area contributed by atoms with Gasteiger partial charge in [-0.05, 0) is 48.2 Å². The van der Waals surface area contributed by atoms with E-state index in [0.29, 0.717) is 17.3 Å². The van der Waals surface area contributed by atoms with Gasteiger partial charge in [-0.25, -0.2) is 13.8 Å². The summed E-state index contributed by atoms with van der Waals surface area (Å²) in [5.41, 5.74) is 3.53. The SMILES string of the molecule is Fc1cccc(F)c1C1=NC(c2ccc(-c3ccc(Cl)nc3)cc2)CC1. The smallest absolute Gasteiger partial charge is 0.135 e. The molecule has 130 valence electrons. The first-order valence-electron chi connectivity index (χ1n) is 8.35. The number of aliphatic imine (C=N–C) groups is 1. The third-order valence-electron chi connectivity index (χ3n) is 4.57. The zero-order valence-electron chi connectivity index (χ0n) is 13.8. The molecule has 0 N–H and O–H groups in total. The molecule has 1 atom stereocenters. The number of hydrogen-bond donors (Lipinski definition) is 0. The maximum absolute atomic E-state index is 14.0. The summed E-state index contributed by atoms with van der Waals surface area (Å²) in [5, 5.41) is 0.457. The molecule has 0 saturated heterocycles. The van der Waals surface area contributed by atoms with Gasteiger partial charge in [0.05, 0.1) is 11.6 Å². The molecule has 1 aliphatic rings. The van der Waals surface area contributed by atoms with Crippen molar-refractivity contribution in [1.29, 1.82) is 0 Å².